The van der Waals surface area contributed by atoms with Gasteiger partial charge in [-0.15, -0.1) is 0 Å². The van der Waals surface area contributed by atoms with Crippen molar-refractivity contribution in [2.24, 2.45) is 5.92 Å². The molecule has 7 heteroatoms. The number of halogens is 1. The number of hydrogen-bond donors (Lipinski definition) is 3. The molecule has 0 aromatic heterocycles. The van der Waals surface area contributed by atoms with Crippen molar-refractivity contribution in [1.29, 1.82) is 0 Å². The van der Waals surface area contributed by atoms with Gasteiger partial charge >= 0.3 is 0 Å². The first-order valence-corrected chi connectivity index (χ1v) is 9.55. The fourth-order valence-corrected chi connectivity index (χ4v) is 2.88. The molecule has 0 aliphatic heterocycles. The lowest BCUT2D eigenvalue weighted by Crippen LogP contribution is -2.34. The van der Waals surface area contributed by atoms with Gasteiger partial charge < -0.3 is 16.0 Å². The lowest BCUT2D eigenvalue weighted by molar-refractivity contribution is -0.117. The smallest absolute Gasteiger partial charge is 0.251 e. The molecular formula is C20H20BrN3O3. The zero-order valence-corrected chi connectivity index (χ0v) is 16.2. The van der Waals surface area contributed by atoms with Crippen molar-refractivity contribution in [2.75, 3.05) is 18.4 Å². The van der Waals surface area contributed by atoms with E-state index in [4.69, 9.17) is 0 Å². The van der Waals surface area contributed by atoms with Gasteiger partial charge in [0.1, 0.15) is 0 Å². The van der Waals surface area contributed by atoms with Crippen LogP contribution in [0.1, 0.15) is 33.6 Å². The van der Waals surface area contributed by atoms with Crippen molar-refractivity contribution >= 4 is 39.3 Å². The predicted octanol–water partition coefficient (Wildman–Crippen LogP) is 2.96. The molecule has 0 unspecified atom stereocenters. The third-order valence-corrected chi connectivity index (χ3v) is 4.64. The summed E-state index contributed by atoms with van der Waals surface area (Å²) in [7, 11) is 0. The van der Waals surface area contributed by atoms with E-state index in [1.165, 1.54) is 0 Å². The van der Waals surface area contributed by atoms with Crippen molar-refractivity contribution in [3.05, 3.63) is 64.1 Å². The van der Waals surface area contributed by atoms with Crippen molar-refractivity contribution in [3.8, 4) is 0 Å². The fourth-order valence-electron chi connectivity index (χ4n) is 2.48. The molecule has 27 heavy (non-hydrogen) atoms. The number of carbonyl (C=O) groups excluding carboxylic acids is 3. The lowest BCUT2D eigenvalue weighted by atomic mass is 10.2. The molecule has 2 aromatic carbocycles. The van der Waals surface area contributed by atoms with Gasteiger partial charge in [0.05, 0.1) is 0 Å². The van der Waals surface area contributed by atoms with Crippen LogP contribution >= 0.6 is 15.9 Å². The first-order valence-electron chi connectivity index (χ1n) is 8.76. The van der Waals surface area contributed by atoms with Crippen molar-refractivity contribution in [1.82, 2.24) is 10.6 Å². The number of rotatable bonds is 7. The van der Waals surface area contributed by atoms with Gasteiger partial charge in [-0.2, -0.15) is 0 Å². The van der Waals surface area contributed by atoms with Crippen LogP contribution in [0.25, 0.3) is 0 Å². The number of benzene rings is 2. The molecule has 0 spiro atoms. The van der Waals surface area contributed by atoms with E-state index in [1.807, 2.05) is 6.07 Å². The van der Waals surface area contributed by atoms with Crippen LogP contribution < -0.4 is 16.0 Å². The molecule has 0 saturated heterocycles. The average molecular weight is 430 g/mol. The van der Waals surface area contributed by atoms with Gasteiger partial charge in [-0.1, -0.05) is 22.0 Å². The van der Waals surface area contributed by atoms with E-state index in [0.717, 1.165) is 17.3 Å². The predicted molar refractivity (Wildman–Crippen MR) is 107 cm³/mol. The van der Waals surface area contributed by atoms with E-state index in [2.05, 4.69) is 31.9 Å². The molecule has 3 rings (SSSR count). The Balaban J connectivity index is 1.41. The van der Waals surface area contributed by atoms with Crippen LogP contribution in [-0.2, 0) is 4.79 Å². The Kier molecular flexibility index (Phi) is 6.24. The fraction of sp³-hybridized carbons (Fsp3) is 0.250. The number of anilines is 1. The monoisotopic (exact) mass is 429 g/mol. The third kappa shape index (κ3) is 5.65. The summed E-state index contributed by atoms with van der Waals surface area (Å²) in [5.74, 6) is -0.248. The molecule has 3 N–H and O–H groups in total. The van der Waals surface area contributed by atoms with Gasteiger partial charge in [0.25, 0.3) is 11.8 Å². The summed E-state index contributed by atoms with van der Waals surface area (Å²) in [4.78, 5) is 35.9. The normalized spacial score (nSPS) is 12.9. The van der Waals surface area contributed by atoms with E-state index in [9.17, 15) is 14.4 Å². The molecule has 0 heterocycles. The van der Waals surface area contributed by atoms with Crippen LogP contribution in [0.3, 0.4) is 0 Å². The molecule has 1 saturated carbocycles. The summed E-state index contributed by atoms with van der Waals surface area (Å²) in [6.45, 7) is 0.644. The molecule has 1 aliphatic rings. The first kappa shape index (κ1) is 19.1. The molecule has 3 amide bonds. The minimum Gasteiger partial charge on any atom is -0.350 e. The molecule has 0 atom stereocenters. The zero-order chi connectivity index (χ0) is 19.2. The van der Waals surface area contributed by atoms with E-state index in [-0.39, 0.29) is 23.6 Å². The zero-order valence-electron chi connectivity index (χ0n) is 14.6. The van der Waals surface area contributed by atoms with Crippen molar-refractivity contribution < 1.29 is 14.4 Å². The summed E-state index contributed by atoms with van der Waals surface area (Å²) >= 11 is 3.33. The number of hydrogen-bond acceptors (Lipinski definition) is 3. The summed E-state index contributed by atoms with van der Waals surface area (Å²) in [6, 6.07) is 13.8. The molecule has 0 bridgehead atoms. The molecule has 0 radical (unpaired) electrons. The lowest BCUT2D eigenvalue weighted by Gasteiger charge is -2.08. The molecule has 6 nitrogen and oxygen atoms in total. The molecule has 2 aromatic rings. The van der Waals surface area contributed by atoms with E-state index in [1.54, 1.807) is 42.5 Å². The van der Waals surface area contributed by atoms with Gasteiger partial charge in [-0.3, -0.25) is 14.4 Å². The van der Waals surface area contributed by atoms with Crippen molar-refractivity contribution in [2.45, 2.75) is 12.8 Å². The summed E-state index contributed by atoms with van der Waals surface area (Å²) in [5.41, 5.74) is 1.74. The van der Waals surface area contributed by atoms with Crippen LogP contribution in [0, 0.1) is 5.92 Å². The Morgan fingerprint density at radius 1 is 0.889 bits per heavy atom. The standard InChI is InChI=1S/C20H20BrN3O3/c21-16-3-1-2-15(12-16)19(26)23-11-10-22-18(25)13-6-8-17(9-7-13)24-20(27)14-4-5-14/h1-3,6-9,12,14H,4-5,10-11H2,(H,22,25)(H,23,26)(H,24,27). The highest BCUT2D eigenvalue weighted by atomic mass is 79.9. The number of amides is 3. The first-order chi connectivity index (χ1) is 13.0. The Bertz CT molecular complexity index is 848. The van der Waals surface area contributed by atoms with Crippen LogP contribution in [0.15, 0.2) is 53.0 Å². The largest absolute Gasteiger partial charge is 0.350 e. The van der Waals surface area contributed by atoms with Gasteiger partial charge in [-0.25, -0.2) is 0 Å². The van der Waals surface area contributed by atoms with Crippen molar-refractivity contribution in [3.63, 3.8) is 0 Å². The van der Waals surface area contributed by atoms with Gasteiger partial charge in [-0.05, 0) is 55.3 Å². The Labute approximate surface area is 165 Å². The van der Waals surface area contributed by atoms with Gasteiger partial charge in [0.2, 0.25) is 5.91 Å². The highest BCUT2D eigenvalue weighted by molar-refractivity contribution is 9.10. The van der Waals surface area contributed by atoms with E-state index >= 15 is 0 Å². The Morgan fingerprint density at radius 3 is 2.11 bits per heavy atom. The second-order valence-electron chi connectivity index (χ2n) is 6.36. The number of nitrogens with one attached hydrogen (secondary N) is 3. The highest BCUT2D eigenvalue weighted by Crippen LogP contribution is 2.30. The highest BCUT2D eigenvalue weighted by Gasteiger charge is 2.29. The Hall–Kier alpha value is -2.67. The Morgan fingerprint density at radius 2 is 1.52 bits per heavy atom. The second-order valence-corrected chi connectivity index (χ2v) is 7.28. The number of carbonyl (C=O) groups is 3. The third-order valence-electron chi connectivity index (χ3n) is 4.15. The second kappa shape index (κ2) is 8.81. The van der Waals surface area contributed by atoms with E-state index < -0.39 is 0 Å². The summed E-state index contributed by atoms with van der Waals surface area (Å²) in [6.07, 6.45) is 1.90. The quantitative estimate of drug-likeness (QED) is 0.591. The molecular weight excluding hydrogens is 410 g/mol. The van der Waals surface area contributed by atoms with Crippen LogP contribution in [0.5, 0.6) is 0 Å². The van der Waals surface area contributed by atoms with Gasteiger partial charge in [0.15, 0.2) is 0 Å². The van der Waals surface area contributed by atoms with Crippen LogP contribution in [-0.4, -0.2) is 30.8 Å². The summed E-state index contributed by atoms with van der Waals surface area (Å²) < 4.78 is 0.834. The minimum absolute atomic E-state index is 0.0355. The maximum Gasteiger partial charge on any atom is 0.251 e. The van der Waals surface area contributed by atoms with Crippen LogP contribution in [0.4, 0.5) is 5.69 Å². The molecule has 140 valence electrons. The molecule has 1 fully saturated rings. The summed E-state index contributed by atoms with van der Waals surface area (Å²) in [5, 5.41) is 8.35. The molecule has 1 aliphatic carbocycles. The van der Waals surface area contributed by atoms with Gasteiger partial charge in [0, 0.05) is 40.3 Å². The maximum absolute atomic E-state index is 12.1. The average Bonchev–Trinajstić information content (AvgIpc) is 3.51. The topological polar surface area (TPSA) is 87.3 Å². The SMILES string of the molecule is O=C(NCCNC(=O)c1cccc(Br)c1)c1ccc(NC(=O)C2CC2)cc1. The van der Waals surface area contributed by atoms with E-state index in [0.29, 0.717) is 29.9 Å². The minimum atomic E-state index is -0.230. The van der Waals surface area contributed by atoms with Crippen LogP contribution in [0.2, 0.25) is 0 Å². The maximum atomic E-state index is 12.1.